The summed E-state index contributed by atoms with van der Waals surface area (Å²) in [6, 6.07) is 9.44. The van der Waals surface area contributed by atoms with E-state index in [1.807, 2.05) is 13.8 Å². The molecule has 0 bridgehead atoms. The van der Waals surface area contributed by atoms with Crippen molar-refractivity contribution in [2.45, 2.75) is 23.6 Å². The Balaban J connectivity index is 2.13. The molecule has 8 heteroatoms. The Morgan fingerprint density at radius 2 is 1.14 bits per heavy atom. The third-order valence-corrected chi connectivity index (χ3v) is 5.65. The Morgan fingerprint density at radius 1 is 0.773 bits per heavy atom. The molecule has 0 unspecified atom stereocenters. The molecule has 2 aromatic carbocycles. The van der Waals surface area contributed by atoms with Gasteiger partial charge in [0, 0.05) is 34.1 Å². The molecular weight excluding hydrogens is 324 g/mol. The summed E-state index contributed by atoms with van der Waals surface area (Å²) in [6.07, 6.45) is 0. The third-order valence-electron chi connectivity index (χ3n) is 2.96. The largest absolute Gasteiger partial charge is 0.269 e. The lowest BCUT2D eigenvalue weighted by Crippen LogP contribution is -1.90. The quantitative estimate of drug-likeness (QED) is 0.437. The van der Waals surface area contributed by atoms with Crippen LogP contribution in [0.15, 0.2) is 46.2 Å². The summed E-state index contributed by atoms with van der Waals surface area (Å²) in [7, 11) is 2.95. The molecule has 0 aliphatic rings. The first kappa shape index (κ1) is 16.3. The number of nitro benzene ring substituents is 2. The molecule has 0 aromatic heterocycles. The lowest BCUT2D eigenvalue weighted by Gasteiger charge is -2.07. The van der Waals surface area contributed by atoms with Crippen LogP contribution in [0.4, 0.5) is 11.4 Å². The minimum Gasteiger partial charge on any atom is -0.258 e. The van der Waals surface area contributed by atoms with Gasteiger partial charge in [0.2, 0.25) is 0 Å². The molecule has 0 aliphatic heterocycles. The molecule has 22 heavy (non-hydrogen) atoms. The van der Waals surface area contributed by atoms with Crippen molar-refractivity contribution < 1.29 is 9.85 Å². The normalized spacial score (nSPS) is 10.5. The van der Waals surface area contributed by atoms with Gasteiger partial charge < -0.3 is 0 Å². The van der Waals surface area contributed by atoms with E-state index >= 15 is 0 Å². The minimum absolute atomic E-state index is 0.0679. The van der Waals surface area contributed by atoms with Gasteiger partial charge in [-0.15, -0.1) is 0 Å². The van der Waals surface area contributed by atoms with Gasteiger partial charge in [-0.3, -0.25) is 20.2 Å². The van der Waals surface area contributed by atoms with Crippen LogP contribution in [0.25, 0.3) is 0 Å². The Bertz CT molecular complexity index is 686. The predicted molar refractivity (Wildman–Crippen MR) is 87.4 cm³/mol. The van der Waals surface area contributed by atoms with Crippen molar-refractivity contribution in [3.8, 4) is 0 Å². The number of hydrogen-bond acceptors (Lipinski definition) is 6. The maximum absolute atomic E-state index is 10.7. The molecule has 0 fully saturated rings. The van der Waals surface area contributed by atoms with Crippen molar-refractivity contribution in [1.29, 1.82) is 0 Å². The van der Waals surface area contributed by atoms with E-state index in [-0.39, 0.29) is 11.4 Å². The molecule has 0 radical (unpaired) electrons. The zero-order valence-electron chi connectivity index (χ0n) is 11.8. The van der Waals surface area contributed by atoms with Crippen LogP contribution in [0.5, 0.6) is 0 Å². The fraction of sp³-hybridized carbons (Fsp3) is 0.143. The number of aryl methyl sites for hydroxylation is 2. The van der Waals surface area contributed by atoms with Gasteiger partial charge in [0.05, 0.1) is 9.85 Å². The summed E-state index contributed by atoms with van der Waals surface area (Å²) < 4.78 is 0. The smallest absolute Gasteiger partial charge is 0.258 e. The first-order valence-electron chi connectivity index (χ1n) is 6.23. The SMILES string of the molecule is Cc1cc([N+](=O)[O-])ccc1SSc1ccc([N+](=O)[O-])cc1C. The highest BCUT2D eigenvalue weighted by atomic mass is 33.1. The highest BCUT2D eigenvalue weighted by Crippen LogP contribution is 2.41. The summed E-state index contributed by atoms with van der Waals surface area (Å²) in [5.74, 6) is 0. The first-order chi connectivity index (χ1) is 10.4. The summed E-state index contributed by atoms with van der Waals surface area (Å²) in [5.41, 5.74) is 1.79. The zero-order valence-corrected chi connectivity index (χ0v) is 13.4. The molecule has 0 N–H and O–H groups in total. The van der Waals surface area contributed by atoms with E-state index < -0.39 is 9.85 Å². The van der Waals surface area contributed by atoms with Crippen molar-refractivity contribution in [1.82, 2.24) is 0 Å². The van der Waals surface area contributed by atoms with Crippen LogP contribution in [0.2, 0.25) is 0 Å². The van der Waals surface area contributed by atoms with E-state index in [9.17, 15) is 20.2 Å². The lowest BCUT2D eigenvalue weighted by atomic mass is 10.2. The van der Waals surface area contributed by atoms with Crippen LogP contribution in [0.3, 0.4) is 0 Å². The average molecular weight is 336 g/mol. The predicted octanol–water partition coefficient (Wildman–Crippen LogP) is 4.92. The molecule has 0 amide bonds. The Hall–Kier alpha value is -2.06. The van der Waals surface area contributed by atoms with Crippen LogP contribution >= 0.6 is 21.6 Å². The lowest BCUT2D eigenvalue weighted by molar-refractivity contribution is -0.385. The van der Waals surface area contributed by atoms with Gasteiger partial charge in [-0.05, 0) is 37.1 Å². The zero-order chi connectivity index (χ0) is 16.3. The molecular formula is C14H12N2O4S2. The monoisotopic (exact) mass is 336 g/mol. The molecule has 0 saturated heterocycles. The van der Waals surface area contributed by atoms with Gasteiger partial charge in [0.25, 0.3) is 11.4 Å². The molecule has 6 nitrogen and oxygen atoms in total. The van der Waals surface area contributed by atoms with Crippen molar-refractivity contribution in [2.75, 3.05) is 0 Å². The summed E-state index contributed by atoms with van der Waals surface area (Å²) in [6.45, 7) is 3.64. The Kier molecular flexibility index (Phi) is 5.04. The van der Waals surface area contributed by atoms with Crippen LogP contribution in [0.1, 0.15) is 11.1 Å². The van der Waals surface area contributed by atoms with E-state index in [2.05, 4.69) is 0 Å². The van der Waals surface area contributed by atoms with Gasteiger partial charge in [0.15, 0.2) is 0 Å². The second-order valence-corrected chi connectivity index (χ2v) is 6.79. The minimum atomic E-state index is -0.422. The van der Waals surface area contributed by atoms with Crippen LogP contribution < -0.4 is 0 Å². The fourth-order valence-corrected chi connectivity index (χ4v) is 4.24. The average Bonchev–Trinajstić information content (AvgIpc) is 2.46. The van der Waals surface area contributed by atoms with E-state index in [1.165, 1.54) is 45.9 Å². The number of non-ortho nitro benzene ring substituents is 2. The van der Waals surface area contributed by atoms with E-state index in [4.69, 9.17) is 0 Å². The molecule has 114 valence electrons. The Labute approximate surface area is 134 Å². The number of hydrogen-bond donors (Lipinski definition) is 0. The number of nitrogens with zero attached hydrogens (tertiary/aromatic N) is 2. The highest BCUT2D eigenvalue weighted by Gasteiger charge is 2.11. The molecule has 2 rings (SSSR count). The van der Waals surface area contributed by atoms with Crippen molar-refractivity contribution in [3.05, 3.63) is 67.8 Å². The first-order valence-corrected chi connectivity index (χ1v) is 8.38. The van der Waals surface area contributed by atoms with E-state index in [1.54, 1.807) is 12.1 Å². The standard InChI is InChI=1S/C14H12N2O4S2/c1-9-7-11(15(17)18)3-5-13(9)21-22-14-6-4-12(16(19)20)8-10(14)2/h3-8H,1-2H3. The summed E-state index contributed by atoms with van der Waals surface area (Å²) >= 11 is 0. The van der Waals surface area contributed by atoms with E-state index in [0.29, 0.717) is 0 Å². The van der Waals surface area contributed by atoms with Crippen LogP contribution in [-0.4, -0.2) is 9.85 Å². The Morgan fingerprint density at radius 3 is 1.41 bits per heavy atom. The van der Waals surface area contributed by atoms with Gasteiger partial charge >= 0.3 is 0 Å². The number of benzene rings is 2. The topological polar surface area (TPSA) is 86.3 Å². The number of rotatable bonds is 5. The molecule has 0 saturated carbocycles. The molecule has 0 aliphatic carbocycles. The van der Waals surface area contributed by atoms with Crippen molar-refractivity contribution in [3.63, 3.8) is 0 Å². The van der Waals surface area contributed by atoms with E-state index in [0.717, 1.165) is 20.9 Å². The third kappa shape index (κ3) is 3.77. The second-order valence-electron chi connectivity index (χ2n) is 4.58. The van der Waals surface area contributed by atoms with Gasteiger partial charge in [-0.2, -0.15) is 0 Å². The molecule has 0 atom stereocenters. The van der Waals surface area contributed by atoms with Crippen LogP contribution in [0, 0.1) is 34.1 Å². The van der Waals surface area contributed by atoms with Gasteiger partial charge in [-0.1, -0.05) is 21.6 Å². The molecule has 0 spiro atoms. The second kappa shape index (κ2) is 6.80. The van der Waals surface area contributed by atoms with Crippen molar-refractivity contribution in [2.24, 2.45) is 0 Å². The van der Waals surface area contributed by atoms with Gasteiger partial charge in [-0.25, -0.2) is 0 Å². The number of nitro groups is 2. The highest BCUT2D eigenvalue weighted by molar-refractivity contribution is 8.76. The van der Waals surface area contributed by atoms with Crippen LogP contribution in [-0.2, 0) is 0 Å². The molecule has 2 aromatic rings. The summed E-state index contributed by atoms with van der Waals surface area (Å²) in [5, 5.41) is 21.4. The molecule has 0 heterocycles. The van der Waals surface area contributed by atoms with Crippen molar-refractivity contribution >= 4 is 33.0 Å². The summed E-state index contributed by atoms with van der Waals surface area (Å²) in [4.78, 5) is 22.4. The maximum Gasteiger partial charge on any atom is 0.269 e. The van der Waals surface area contributed by atoms with Gasteiger partial charge in [0.1, 0.15) is 0 Å². The maximum atomic E-state index is 10.7. The fourth-order valence-electron chi connectivity index (χ4n) is 1.77.